The second-order valence-electron chi connectivity index (χ2n) is 7.40. The molecule has 0 aliphatic carbocycles. The summed E-state index contributed by atoms with van der Waals surface area (Å²) in [6, 6.07) is -0.174. The van der Waals surface area contributed by atoms with Crippen LogP contribution in [-0.4, -0.2) is 93.8 Å². The fraction of sp³-hybridized carbons (Fsp3) is 0.857. The Morgan fingerprint density at radius 3 is 2.19 bits per heavy atom. The van der Waals surface area contributed by atoms with Crippen molar-refractivity contribution >= 4 is 5.91 Å². The van der Waals surface area contributed by atoms with Crippen molar-refractivity contribution in [1.29, 1.82) is 0 Å². The van der Waals surface area contributed by atoms with Crippen molar-refractivity contribution in [2.24, 2.45) is 0 Å². The van der Waals surface area contributed by atoms with Crippen LogP contribution in [-0.2, 0) is 25.5 Å². The first kappa shape index (κ1) is 27.4. The number of carbonyl (C=O) groups is 1. The maximum absolute atomic E-state index is 12.3. The van der Waals surface area contributed by atoms with E-state index in [0.717, 1.165) is 57.5 Å². The summed E-state index contributed by atoms with van der Waals surface area (Å²) >= 11 is 0. The van der Waals surface area contributed by atoms with E-state index in [1.54, 1.807) is 0 Å². The van der Waals surface area contributed by atoms with Gasteiger partial charge in [-0.1, -0.05) is 5.21 Å². The highest BCUT2D eigenvalue weighted by molar-refractivity contribution is 5.81. The Morgan fingerprint density at radius 2 is 1.61 bits per heavy atom. The number of likely N-dealkylation sites (N-methyl/N-ethyl adjacent to an activating group) is 1. The predicted molar refractivity (Wildman–Crippen MR) is 120 cm³/mol. The number of hydrogen-bond donors (Lipinski definition) is 3. The third-order valence-electron chi connectivity index (χ3n) is 4.67. The summed E-state index contributed by atoms with van der Waals surface area (Å²) in [6.45, 7) is 7.99. The number of nitrogens with one attached hydrogen (secondary N) is 3. The van der Waals surface area contributed by atoms with E-state index in [9.17, 15) is 4.79 Å². The number of aromatic nitrogens is 3. The van der Waals surface area contributed by atoms with Gasteiger partial charge < -0.3 is 30.2 Å². The van der Waals surface area contributed by atoms with E-state index in [1.807, 2.05) is 31.9 Å². The lowest BCUT2D eigenvalue weighted by Gasteiger charge is -2.16. The molecule has 10 nitrogen and oxygen atoms in total. The second kappa shape index (κ2) is 19.1. The van der Waals surface area contributed by atoms with Crippen molar-refractivity contribution in [3.05, 3.63) is 11.9 Å². The first-order valence-corrected chi connectivity index (χ1v) is 11.4. The van der Waals surface area contributed by atoms with Crippen molar-refractivity contribution in [3.8, 4) is 0 Å². The Kier molecular flexibility index (Phi) is 16.9. The van der Waals surface area contributed by atoms with Crippen molar-refractivity contribution < 1.29 is 19.0 Å². The van der Waals surface area contributed by atoms with Gasteiger partial charge in [0.25, 0.3) is 0 Å². The van der Waals surface area contributed by atoms with Crippen molar-refractivity contribution in [2.45, 2.75) is 51.6 Å². The number of aryl methyl sites for hydroxylation is 2. The van der Waals surface area contributed by atoms with Gasteiger partial charge in [-0.2, -0.15) is 0 Å². The Morgan fingerprint density at radius 1 is 0.968 bits per heavy atom. The molecular formula is C21H42N6O4. The third-order valence-corrected chi connectivity index (χ3v) is 4.67. The molecule has 1 aromatic heterocycles. The topological polar surface area (TPSA) is 112 Å². The summed E-state index contributed by atoms with van der Waals surface area (Å²) in [5, 5.41) is 17.2. The summed E-state index contributed by atoms with van der Waals surface area (Å²) in [7, 11) is 3.75. The standard InChI is InChI=1S/C21H42N6O4/c1-19-18-27(26-25-19)11-5-4-8-20(23-3)21(28)24-10-7-13-30-15-17-31-16-14-29-12-6-9-22-2/h18,20,22-23H,4-17H2,1-3H3,(H,24,28)/t20-/m0/s1. The zero-order chi connectivity index (χ0) is 22.6. The lowest BCUT2D eigenvalue weighted by molar-refractivity contribution is -0.123. The molecular weight excluding hydrogens is 400 g/mol. The molecule has 0 fully saturated rings. The zero-order valence-corrected chi connectivity index (χ0v) is 19.5. The van der Waals surface area contributed by atoms with Gasteiger partial charge in [0.2, 0.25) is 5.91 Å². The molecule has 0 bridgehead atoms. The average molecular weight is 443 g/mol. The molecule has 180 valence electrons. The number of hydrogen-bond acceptors (Lipinski definition) is 8. The number of rotatable bonds is 21. The highest BCUT2D eigenvalue weighted by atomic mass is 16.5. The number of amides is 1. The number of nitrogens with zero attached hydrogens (tertiary/aromatic N) is 3. The van der Waals surface area contributed by atoms with Gasteiger partial charge >= 0.3 is 0 Å². The van der Waals surface area contributed by atoms with Crippen LogP contribution in [0, 0.1) is 6.92 Å². The normalized spacial score (nSPS) is 12.2. The van der Waals surface area contributed by atoms with Crippen LogP contribution in [0.25, 0.3) is 0 Å². The predicted octanol–water partition coefficient (Wildman–Crippen LogP) is 0.510. The van der Waals surface area contributed by atoms with Gasteiger partial charge in [-0.05, 0) is 59.7 Å². The molecule has 0 saturated heterocycles. The molecule has 10 heteroatoms. The summed E-state index contributed by atoms with van der Waals surface area (Å²) in [6.07, 6.45) is 6.42. The molecule has 1 aromatic rings. The minimum absolute atomic E-state index is 0.0390. The lowest BCUT2D eigenvalue weighted by Crippen LogP contribution is -2.43. The Labute approximate surface area is 186 Å². The lowest BCUT2D eigenvalue weighted by atomic mass is 10.1. The fourth-order valence-corrected chi connectivity index (χ4v) is 2.94. The van der Waals surface area contributed by atoms with Crippen molar-refractivity contribution in [2.75, 3.05) is 66.8 Å². The maximum Gasteiger partial charge on any atom is 0.237 e. The SMILES string of the molecule is CNCCCOCCOCCOCCCNC(=O)[C@H](CCCCn1cc(C)nn1)NC. The molecule has 1 heterocycles. The second-order valence-corrected chi connectivity index (χ2v) is 7.40. The minimum Gasteiger partial charge on any atom is -0.379 e. The number of carbonyl (C=O) groups excluding carboxylic acids is 1. The number of ether oxygens (including phenoxy) is 3. The van der Waals surface area contributed by atoms with Gasteiger partial charge in [0.05, 0.1) is 38.2 Å². The summed E-state index contributed by atoms with van der Waals surface area (Å²) < 4.78 is 18.3. The first-order valence-electron chi connectivity index (χ1n) is 11.4. The summed E-state index contributed by atoms with van der Waals surface area (Å²) in [5.74, 6) is 0.0390. The summed E-state index contributed by atoms with van der Waals surface area (Å²) in [4.78, 5) is 12.3. The average Bonchev–Trinajstić information content (AvgIpc) is 3.18. The molecule has 3 N–H and O–H groups in total. The van der Waals surface area contributed by atoms with E-state index in [2.05, 4.69) is 26.3 Å². The molecule has 0 radical (unpaired) electrons. The van der Waals surface area contributed by atoms with E-state index in [-0.39, 0.29) is 11.9 Å². The molecule has 1 rings (SSSR count). The molecule has 0 aliphatic heterocycles. The van der Waals surface area contributed by atoms with E-state index in [1.165, 1.54) is 0 Å². The van der Waals surface area contributed by atoms with Gasteiger partial charge in [0.15, 0.2) is 0 Å². The monoisotopic (exact) mass is 442 g/mol. The van der Waals surface area contributed by atoms with E-state index in [4.69, 9.17) is 14.2 Å². The van der Waals surface area contributed by atoms with Gasteiger partial charge in [-0.3, -0.25) is 9.48 Å². The molecule has 1 atom stereocenters. The molecule has 0 aliphatic rings. The van der Waals surface area contributed by atoms with Gasteiger partial charge in [-0.15, -0.1) is 5.10 Å². The largest absolute Gasteiger partial charge is 0.379 e. The van der Waals surface area contributed by atoms with Gasteiger partial charge in [0.1, 0.15) is 0 Å². The summed E-state index contributed by atoms with van der Waals surface area (Å²) in [5.41, 5.74) is 0.921. The Balaban J connectivity index is 1.90. The third kappa shape index (κ3) is 14.9. The van der Waals surface area contributed by atoms with Crippen molar-refractivity contribution in [1.82, 2.24) is 30.9 Å². The molecule has 0 saturated carbocycles. The van der Waals surface area contributed by atoms with Crippen LogP contribution < -0.4 is 16.0 Å². The van der Waals surface area contributed by atoms with Crippen molar-refractivity contribution in [3.63, 3.8) is 0 Å². The van der Waals surface area contributed by atoms with Crippen LogP contribution in [0.2, 0.25) is 0 Å². The van der Waals surface area contributed by atoms with Crippen LogP contribution in [0.4, 0.5) is 0 Å². The van der Waals surface area contributed by atoms with Crippen LogP contribution in [0.1, 0.15) is 37.8 Å². The van der Waals surface area contributed by atoms with Crippen LogP contribution in [0.15, 0.2) is 6.20 Å². The number of unbranched alkanes of at least 4 members (excludes halogenated alkanes) is 1. The zero-order valence-electron chi connectivity index (χ0n) is 19.5. The van der Waals surface area contributed by atoms with Crippen LogP contribution >= 0.6 is 0 Å². The van der Waals surface area contributed by atoms with Gasteiger partial charge in [-0.25, -0.2) is 0 Å². The smallest absolute Gasteiger partial charge is 0.237 e. The first-order chi connectivity index (χ1) is 15.2. The Hall–Kier alpha value is -1.59. The minimum atomic E-state index is -0.174. The van der Waals surface area contributed by atoms with E-state index in [0.29, 0.717) is 39.6 Å². The highest BCUT2D eigenvalue weighted by Crippen LogP contribution is 2.03. The molecule has 0 unspecified atom stereocenters. The van der Waals surface area contributed by atoms with Gasteiger partial charge in [0, 0.05) is 32.5 Å². The molecule has 0 spiro atoms. The highest BCUT2D eigenvalue weighted by Gasteiger charge is 2.15. The fourth-order valence-electron chi connectivity index (χ4n) is 2.94. The molecule has 1 amide bonds. The maximum atomic E-state index is 12.3. The van der Waals surface area contributed by atoms with E-state index < -0.39 is 0 Å². The molecule has 0 aromatic carbocycles. The van der Waals surface area contributed by atoms with E-state index >= 15 is 0 Å². The molecule has 31 heavy (non-hydrogen) atoms. The van der Waals surface area contributed by atoms with Crippen LogP contribution in [0.3, 0.4) is 0 Å². The quantitative estimate of drug-likeness (QED) is 0.236. The van der Waals surface area contributed by atoms with Crippen LogP contribution in [0.5, 0.6) is 0 Å². The Bertz CT molecular complexity index is 558.